The largest absolute Gasteiger partial charge is 0.419 e. The summed E-state index contributed by atoms with van der Waals surface area (Å²) in [6.45, 7) is 0.570. The van der Waals surface area contributed by atoms with Crippen LogP contribution in [0.2, 0.25) is 0 Å². The van der Waals surface area contributed by atoms with Gasteiger partial charge >= 0.3 is 5.76 Å². The van der Waals surface area contributed by atoms with Crippen LogP contribution in [0.15, 0.2) is 27.4 Å². The highest BCUT2D eigenvalue weighted by atomic mass is 16.4. The predicted molar refractivity (Wildman–Crippen MR) is 70.9 cm³/mol. The van der Waals surface area contributed by atoms with E-state index in [1.165, 1.54) is 4.57 Å². The minimum atomic E-state index is -0.381. The molecule has 2 rings (SSSR count). The first-order chi connectivity index (χ1) is 9.15. The number of aliphatic hydroxyl groups is 2. The van der Waals surface area contributed by atoms with E-state index in [9.17, 15) is 4.79 Å². The van der Waals surface area contributed by atoms with Crippen LogP contribution < -0.4 is 11.1 Å². The van der Waals surface area contributed by atoms with Crippen molar-refractivity contribution in [2.24, 2.45) is 7.05 Å². The van der Waals surface area contributed by atoms with E-state index in [0.29, 0.717) is 18.5 Å². The second-order valence-corrected chi connectivity index (χ2v) is 4.50. The Bertz CT molecular complexity index is 602. The molecule has 0 spiro atoms. The number of nitrogens with zero attached hydrogens (tertiary/aromatic N) is 1. The van der Waals surface area contributed by atoms with Gasteiger partial charge in [-0.25, -0.2) is 4.79 Å². The summed E-state index contributed by atoms with van der Waals surface area (Å²) in [7, 11) is 1.66. The van der Waals surface area contributed by atoms with Crippen LogP contribution in [0.4, 0.5) is 0 Å². The second-order valence-electron chi connectivity index (χ2n) is 4.50. The van der Waals surface area contributed by atoms with Gasteiger partial charge in [-0.1, -0.05) is 6.07 Å². The van der Waals surface area contributed by atoms with E-state index in [2.05, 4.69) is 5.32 Å². The number of aromatic nitrogens is 1. The van der Waals surface area contributed by atoms with Crippen molar-refractivity contribution in [1.82, 2.24) is 9.88 Å². The molecule has 3 N–H and O–H groups in total. The molecule has 1 aromatic heterocycles. The Balaban J connectivity index is 2.13. The molecule has 1 heterocycles. The van der Waals surface area contributed by atoms with Crippen molar-refractivity contribution in [2.75, 3.05) is 13.2 Å². The van der Waals surface area contributed by atoms with Crippen molar-refractivity contribution in [3.63, 3.8) is 0 Å². The lowest BCUT2D eigenvalue weighted by Crippen LogP contribution is -2.32. The number of nitrogens with one attached hydrogen (secondary N) is 1. The number of hydrogen-bond donors (Lipinski definition) is 3. The van der Waals surface area contributed by atoms with Crippen molar-refractivity contribution in [3.05, 3.63) is 34.3 Å². The van der Waals surface area contributed by atoms with E-state index < -0.39 is 0 Å². The molecule has 0 bridgehead atoms. The summed E-state index contributed by atoms with van der Waals surface area (Å²) < 4.78 is 6.51. The lowest BCUT2D eigenvalue weighted by molar-refractivity contribution is 0.200. The fraction of sp³-hybridized carbons (Fsp3) is 0.462. The molecule has 1 unspecified atom stereocenters. The van der Waals surface area contributed by atoms with Crippen LogP contribution in [-0.4, -0.2) is 34.0 Å². The normalized spacial score (nSPS) is 13.0. The first-order valence-electron chi connectivity index (χ1n) is 6.19. The zero-order valence-corrected chi connectivity index (χ0v) is 10.8. The smallest absolute Gasteiger partial charge is 0.408 e. The van der Waals surface area contributed by atoms with E-state index in [4.69, 9.17) is 14.6 Å². The van der Waals surface area contributed by atoms with Gasteiger partial charge in [0.05, 0.1) is 12.1 Å². The third-order valence-corrected chi connectivity index (χ3v) is 3.15. The van der Waals surface area contributed by atoms with Gasteiger partial charge in [-0.3, -0.25) is 4.57 Å². The lowest BCUT2D eigenvalue weighted by atomic mass is 10.1. The Hall–Kier alpha value is -1.63. The fourth-order valence-electron chi connectivity index (χ4n) is 1.96. The van der Waals surface area contributed by atoms with Crippen molar-refractivity contribution in [2.45, 2.75) is 19.0 Å². The molecule has 6 heteroatoms. The van der Waals surface area contributed by atoms with Gasteiger partial charge in [0.15, 0.2) is 5.58 Å². The van der Waals surface area contributed by atoms with Gasteiger partial charge in [0.25, 0.3) is 0 Å². The van der Waals surface area contributed by atoms with Gasteiger partial charge < -0.3 is 19.9 Å². The van der Waals surface area contributed by atoms with E-state index in [1.54, 1.807) is 13.1 Å². The Morgan fingerprint density at radius 2 is 2.21 bits per heavy atom. The third-order valence-electron chi connectivity index (χ3n) is 3.15. The minimum Gasteiger partial charge on any atom is -0.408 e. The van der Waals surface area contributed by atoms with Crippen molar-refractivity contribution in [3.8, 4) is 0 Å². The maximum atomic E-state index is 11.4. The average molecular weight is 266 g/mol. The molecule has 0 saturated heterocycles. The van der Waals surface area contributed by atoms with Crippen LogP contribution in [0.5, 0.6) is 0 Å². The lowest BCUT2D eigenvalue weighted by Gasteiger charge is -2.14. The highest BCUT2D eigenvalue weighted by Crippen LogP contribution is 2.14. The SMILES string of the molecule is Cn1c(=O)oc2ccc(CNC(CO)CCO)cc21. The minimum absolute atomic E-state index is 0.0208. The second kappa shape index (κ2) is 6.01. The number of aryl methyl sites for hydroxylation is 1. The summed E-state index contributed by atoms with van der Waals surface area (Å²) in [4.78, 5) is 11.4. The summed E-state index contributed by atoms with van der Waals surface area (Å²) in [5.41, 5.74) is 2.29. The van der Waals surface area contributed by atoms with Crippen LogP contribution >= 0.6 is 0 Å². The zero-order chi connectivity index (χ0) is 13.8. The predicted octanol–water partition coefficient (Wildman–Crippen LogP) is -0.0356. The topological polar surface area (TPSA) is 87.6 Å². The quantitative estimate of drug-likeness (QED) is 0.683. The molecule has 2 aromatic rings. The van der Waals surface area contributed by atoms with Gasteiger partial charge in [-0.05, 0) is 24.1 Å². The molecule has 0 amide bonds. The van der Waals surface area contributed by atoms with Crippen LogP contribution in [0.3, 0.4) is 0 Å². The maximum absolute atomic E-state index is 11.4. The average Bonchev–Trinajstić information content (AvgIpc) is 2.70. The number of hydrogen-bond acceptors (Lipinski definition) is 5. The number of fused-ring (bicyclic) bond motifs is 1. The molecule has 104 valence electrons. The molecule has 0 aliphatic carbocycles. The molecule has 0 radical (unpaired) electrons. The number of rotatable bonds is 6. The standard InChI is InChI=1S/C13H18N2O4/c1-15-11-6-9(2-3-12(11)19-13(15)18)7-14-10(8-17)4-5-16/h2-3,6,10,14,16-17H,4-5,7-8H2,1H3. The first kappa shape index (κ1) is 13.8. The molecule has 19 heavy (non-hydrogen) atoms. The molecule has 0 saturated carbocycles. The molecule has 0 aliphatic heterocycles. The third kappa shape index (κ3) is 3.04. The monoisotopic (exact) mass is 266 g/mol. The molecule has 0 aliphatic rings. The van der Waals surface area contributed by atoms with Crippen molar-refractivity contribution in [1.29, 1.82) is 0 Å². The molecule has 1 aromatic carbocycles. The Morgan fingerprint density at radius 1 is 1.42 bits per heavy atom. The molecule has 6 nitrogen and oxygen atoms in total. The van der Waals surface area contributed by atoms with Crippen LogP contribution in [0.25, 0.3) is 11.1 Å². The van der Waals surface area contributed by atoms with Gasteiger partial charge in [0, 0.05) is 26.2 Å². The Morgan fingerprint density at radius 3 is 2.89 bits per heavy atom. The fourth-order valence-corrected chi connectivity index (χ4v) is 1.96. The summed E-state index contributed by atoms with van der Waals surface area (Å²) in [6, 6.07) is 5.37. The van der Waals surface area contributed by atoms with E-state index in [0.717, 1.165) is 11.1 Å². The molecule has 1 atom stereocenters. The first-order valence-corrected chi connectivity index (χ1v) is 6.19. The van der Waals surface area contributed by atoms with Gasteiger partial charge in [0.2, 0.25) is 0 Å². The maximum Gasteiger partial charge on any atom is 0.419 e. The van der Waals surface area contributed by atoms with Gasteiger partial charge in [0.1, 0.15) is 0 Å². The number of aliphatic hydroxyl groups excluding tert-OH is 2. The molecule has 0 fully saturated rings. The highest BCUT2D eigenvalue weighted by Gasteiger charge is 2.08. The van der Waals surface area contributed by atoms with E-state index >= 15 is 0 Å². The molecular weight excluding hydrogens is 248 g/mol. The Kier molecular flexibility index (Phi) is 4.36. The van der Waals surface area contributed by atoms with Crippen LogP contribution in [-0.2, 0) is 13.6 Å². The Labute approximate surface area is 110 Å². The summed E-state index contributed by atoms with van der Waals surface area (Å²) in [5.74, 6) is -0.381. The summed E-state index contributed by atoms with van der Waals surface area (Å²) >= 11 is 0. The van der Waals surface area contributed by atoms with Gasteiger partial charge in [-0.2, -0.15) is 0 Å². The molecular formula is C13H18N2O4. The number of oxazole rings is 1. The number of benzene rings is 1. The van der Waals surface area contributed by atoms with E-state index in [-0.39, 0.29) is 25.0 Å². The van der Waals surface area contributed by atoms with Crippen molar-refractivity contribution >= 4 is 11.1 Å². The van der Waals surface area contributed by atoms with Crippen molar-refractivity contribution < 1.29 is 14.6 Å². The van der Waals surface area contributed by atoms with Crippen LogP contribution in [0.1, 0.15) is 12.0 Å². The summed E-state index contributed by atoms with van der Waals surface area (Å²) in [6.07, 6.45) is 0.503. The van der Waals surface area contributed by atoms with E-state index in [1.807, 2.05) is 12.1 Å². The zero-order valence-electron chi connectivity index (χ0n) is 10.8. The van der Waals surface area contributed by atoms with Crippen LogP contribution in [0, 0.1) is 0 Å². The summed E-state index contributed by atoms with van der Waals surface area (Å²) in [5, 5.41) is 21.1. The highest BCUT2D eigenvalue weighted by molar-refractivity contribution is 5.73. The van der Waals surface area contributed by atoms with Gasteiger partial charge in [-0.15, -0.1) is 0 Å².